The van der Waals surface area contributed by atoms with E-state index in [1.807, 2.05) is 0 Å². The Kier molecular flexibility index (Phi) is 4.92. The van der Waals surface area contributed by atoms with Crippen LogP contribution in [-0.4, -0.2) is 32.3 Å². The second-order valence-electron chi connectivity index (χ2n) is 4.81. The first kappa shape index (κ1) is 14.7. The summed E-state index contributed by atoms with van der Waals surface area (Å²) in [6.07, 6.45) is 1.49. The molecule has 0 aliphatic carbocycles. The maximum absolute atomic E-state index is 13.6. The van der Waals surface area contributed by atoms with Crippen LogP contribution in [0.3, 0.4) is 0 Å². The van der Waals surface area contributed by atoms with Gasteiger partial charge in [-0.15, -0.1) is 0 Å². The van der Waals surface area contributed by atoms with Crippen molar-refractivity contribution < 1.29 is 18.7 Å². The zero-order valence-corrected chi connectivity index (χ0v) is 11.4. The Morgan fingerprint density at radius 2 is 2.20 bits per heavy atom. The van der Waals surface area contributed by atoms with Crippen LogP contribution in [0.15, 0.2) is 18.2 Å². The van der Waals surface area contributed by atoms with Crippen molar-refractivity contribution in [1.82, 2.24) is 0 Å². The highest BCUT2D eigenvalue weighted by atomic mass is 19.1. The van der Waals surface area contributed by atoms with Gasteiger partial charge in [0.1, 0.15) is 11.6 Å². The van der Waals surface area contributed by atoms with Crippen LogP contribution < -0.4 is 15.8 Å². The Hall–Kier alpha value is -1.66. The second kappa shape index (κ2) is 6.67. The number of nitrogens with two attached hydrogens (primary N) is 1. The first-order valence-electron chi connectivity index (χ1n) is 6.59. The standard InChI is InChI=1S/C14H19FN2O3/c1-19-10-2-3-11(15)12(8-10)17-14(18)13(16)9-4-6-20-7-5-9/h2-3,8-9,13H,4-7,16H2,1H3,(H,17,18). The van der Waals surface area contributed by atoms with Gasteiger partial charge in [-0.3, -0.25) is 4.79 Å². The number of rotatable bonds is 4. The van der Waals surface area contributed by atoms with Gasteiger partial charge in [-0.2, -0.15) is 0 Å². The lowest BCUT2D eigenvalue weighted by Gasteiger charge is -2.26. The molecule has 3 N–H and O–H groups in total. The molecule has 1 unspecified atom stereocenters. The summed E-state index contributed by atoms with van der Waals surface area (Å²) in [6.45, 7) is 1.22. The molecule has 110 valence electrons. The van der Waals surface area contributed by atoms with Gasteiger partial charge in [0, 0.05) is 19.3 Å². The first-order valence-corrected chi connectivity index (χ1v) is 6.59. The lowest BCUT2D eigenvalue weighted by molar-refractivity contribution is -0.119. The van der Waals surface area contributed by atoms with Gasteiger partial charge in [-0.05, 0) is 30.9 Å². The van der Waals surface area contributed by atoms with E-state index in [2.05, 4.69) is 5.32 Å². The molecule has 1 aromatic rings. The van der Waals surface area contributed by atoms with Crippen LogP contribution in [-0.2, 0) is 9.53 Å². The third kappa shape index (κ3) is 3.46. The molecule has 5 nitrogen and oxygen atoms in total. The smallest absolute Gasteiger partial charge is 0.241 e. The third-order valence-corrected chi connectivity index (χ3v) is 3.51. The summed E-state index contributed by atoms with van der Waals surface area (Å²) in [5.74, 6) is -0.360. The molecular formula is C14H19FN2O3. The lowest BCUT2D eigenvalue weighted by Crippen LogP contribution is -2.44. The molecule has 0 bridgehead atoms. The van der Waals surface area contributed by atoms with Crippen LogP contribution in [0.5, 0.6) is 5.75 Å². The van der Waals surface area contributed by atoms with Crippen LogP contribution in [0.25, 0.3) is 0 Å². The SMILES string of the molecule is COc1ccc(F)c(NC(=O)C(N)C2CCOCC2)c1. The average molecular weight is 282 g/mol. The van der Waals surface area contributed by atoms with Gasteiger partial charge in [-0.1, -0.05) is 0 Å². The summed E-state index contributed by atoms with van der Waals surface area (Å²) in [4.78, 5) is 12.1. The van der Waals surface area contributed by atoms with Crippen molar-refractivity contribution >= 4 is 11.6 Å². The predicted octanol–water partition coefficient (Wildman–Crippen LogP) is 1.53. The summed E-state index contributed by atoms with van der Waals surface area (Å²) in [7, 11) is 1.48. The van der Waals surface area contributed by atoms with Crippen molar-refractivity contribution in [3.05, 3.63) is 24.0 Å². The Morgan fingerprint density at radius 1 is 1.50 bits per heavy atom. The molecule has 0 aromatic heterocycles. The molecule has 20 heavy (non-hydrogen) atoms. The number of ether oxygens (including phenoxy) is 2. The topological polar surface area (TPSA) is 73.6 Å². The number of amides is 1. The average Bonchev–Trinajstić information content (AvgIpc) is 2.49. The number of nitrogens with one attached hydrogen (secondary N) is 1. The highest BCUT2D eigenvalue weighted by Crippen LogP contribution is 2.23. The van der Waals surface area contributed by atoms with E-state index in [4.69, 9.17) is 15.2 Å². The number of carbonyl (C=O) groups excluding carboxylic acids is 1. The molecule has 1 aliphatic heterocycles. The minimum absolute atomic E-state index is 0.0671. The molecule has 1 heterocycles. The van der Waals surface area contributed by atoms with Crippen LogP contribution in [0.4, 0.5) is 10.1 Å². The summed E-state index contributed by atoms with van der Waals surface area (Å²) in [5.41, 5.74) is 6.02. The largest absolute Gasteiger partial charge is 0.497 e. The fourth-order valence-electron chi connectivity index (χ4n) is 2.23. The van der Waals surface area contributed by atoms with Gasteiger partial charge >= 0.3 is 0 Å². The molecule has 6 heteroatoms. The van der Waals surface area contributed by atoms with Gasteiger partial charge in [0.2, 0.25) is 5.91 Å². The third-order valence-electron chi connectivity index (χ3n) is 3.51. The monoisotopic (exact) mass is 282 g/mol. The van der Waals surface area contributed by atoms with Gasteiger partial charge < -0.3 is 20.5 Å². The minimum Gasteiger partial charge on any atom is -0.497 e. The van der Waals surface area contributed by atoms with E-state index in [0.717, 1.165) is 12.8 Å². The van der Waals surface area contributed by atoms with Crippen LogP contribution in [0.1, 0.15) is 12.8 Å². The Bertz CT molecular complexity index is 475. The van der Waals surface area contributed by atoms with Crippen molar-refractivity contribution in [2.45, 2.75) is 18.9 Å². The zero-order valence-electron chi connectivity index (χ0n) is 11.4. The molecule has 0 saturated carbocycles. The summed E-state index contributed by atoms with van der Waals surface area (Å²) < 4.78 is 23.9. The summed E-state index contributed by atoms with van der Waals surface area (Å²) in [6, 6.07) is 3.51. The summed E-state index contributed by atoms with van der Waals surface area (Å²) in [5, 5.41) is 2.52. The lowest BCUT2D eigenvalue weighted by atomic mass is 9.92. The Labute approximate surface area is 117 Å². The molecule has 1 aromatic carbocycles. The quantitative estimate of drug-likeness (QED) is 0.878. The molecule has 1 saturated heterocycles. The number of methoxy groups -OCH3 is 1. The van der Waals surface area contributed by atoms with Gasteiger partial charge in [0.15, 0.2) is 0 Å². The van der Waals surface area contributed by atoms with E-state index in [-0.39, 0.29) is 17.5 Å². The number of anilines is 1. The van der Waals surface area contributed by atoms with E-state index < -0.39 is 11.9 Å². The van der Waals surface area contributed by atoms with E-state index >= 15 is 0 Å². The summed E-state index contributed by atoms with van der Waals surface area (Å²) >= 11 is 0. The number of benzene rings is 1. The number of hydrogen-bond acceptors (Lipinski definition) is 4. The zero-order chi connectivity index (χ0) is 14.5. The van der Waals surface area contributed by atoms with E-state index in [9.17, 15) is 9.18 Å². The fraction of sp³-hybridized carbons (Fsp3) is 0.500. The van der Waals surface area contributed by atoms with Crippen molar-refractivity contribution in [2.75, 3.05) is 25.6 Å². The molecule has 0 radical (unpaired) electrons. The predicted molar refractivity (Wildman–Crippen MR) is 73.1 cm³/mol. The molecule has 2 rings (SSSR count). The van der Waals surface area contributed by atoms with Crippen LogP contribution in [0.2, 0.25) is 0 Å². The van der Waals surface area contributed by atoms with E-state index in [1.54, 1.807) is 0 Å². The van der Waals surface area contributed by atoms with Crippen molar-refractivity contribution in [1.29, 1.82) is 0 Å². The molecule has 0 spiro atoms. The normalized spacial score (nSPS) is 17.6. The Morgan fingerprint density at radius 3 is 2.85 bits per heavy atom. The molecule has 1 fully saturated rings. The molecular weight excluding hydrogens is 263 g/mol. The maximum Gasteiger partial charge on any atom is 0.241 e. The van der Waals surface area contributed by atoms with Gasteiger partial charge in [0.25, 0.3) is 0 Å². The molecule has 1 amide bonds. The fourth-order valence-corrected chi connectivity index (χ4v) is 2.23. The van der Waals surface area contributed by atoms with Crippen LogP contribution in [0, 0.1) is 11.7 Å². The Balaban J connectivity index is 2.03. The highest BCUT2D eigenvalue weighted by molar-refractivity contribution is 5.95. The highest BCUT2D eigenvalue weighted by Gasteiger charge is 2.27. The number of hydrogen-bond donors (Lipinski definition) is 2. The molecule has 1 aliphatic rings. The van der Waals surface area contributed by atoms with Crippen LogP contribution >= 0.6 is 0 Å². The van der Waals surface area contributed by atoms with Crippen molar-refractivity contribution in [2.24, 2.45) is 11.7 Å². The van der Waals surface area contributed by atoms with E-state index in [0.29, 0.717) is 19.0 Å². The maximum atomic E-state index is 13.6. The number of carbonyl (C=O) groups is 1. The van der Waals surface area contributed by atoms with Gasteiger partial charge in [0.05, 0.1) is 18.8 Å². The van der Waals surface area contributed by atoms with Gasteiger partial charge in [-0.25, -0.2) is 4.39 Å². The number of halogens is 1. The van der Waals surface area contributed by atoms with E-state index in [1.165, 1.54) is 25.3 Å². The van der Waals surface area contributed by atoms with Crippen molar-refractivity contribution in [3.8, 4) is 5.75 Å². The molecule has 1 atom stereocenters. The first-order chi connectivity index (χ1) is 9.61. The van der Waals surface area contributed by atoms with Crippen molar-refractivity contribution in [3.63, 3.8) is 0 Å². The second-order valence-corrected chi connectivity index (χ2v) is 4.81. The minimum atomic E-state index is -0.662.